The number of hydrogen-bond acceptors (Lipinski definition) is 9. The van der Waals surface area contributed by atoms with Gasteiger partial charge < -0.3 is 30.2 Å². The number of methoxy groups -OCH3 is 1. The van der Waals surface area contributed by atoms with Gasteiger partial charge in [0, 0.05) is 49.8 Å². The van der Waals surface area contributed by atoms with Crippen molar-refractivity contribution in [2.75, 3.05) is 89.8 Å². The molecule has 4 rings (SSSR count). The predicted octanol–water partition coefficient (Wildman–Crippen LogP) is 2.94. The molecule has 2 saturated heterocycles. The largest absolute Gasteiger partial charge is 0.495 e. The van der Waals surface area contributed by atoms with E-state index < -0.39 is 7.14 Å². The molecule has 2 aromatic carbocycles. The van der Waals surface area contributed by atoms with Crippen LogP contribution >= 0.6 is 18.7 Å². The van der Waals surface area contributed by atoms with Crippen LogP contribution < -0.4 is 31.3 Å². The first kappa shape index (κ1) is 32.9. The Bertz CT molecular complexity index is 1410. The van der Waals surface area contributed by atoms with Gasteiger partial charge in [-0.05, 0) is 51.7 Å². The Hall–Kier alpha value is -3.03. The van der Waals surface area contributed by atoms with E-state index in [1.807, 2.05) is 48.3 Å². The lowest BCUT2D eigenvalue weighted by atomic mass is 10.1. The molecule has 0 aromatic heterocycles. The third-order valence-corrected chi connectivity index (χ3v) is 9.62. The van der Waals surface area contributed by atoms with Crippen molar-refractivity contribution in [1.82, 2.24) is 20.0 Å². The van der Waals surface area contributed by atoms with Gasteiger partial charge in [-0.15, -0.1) is 11.6 Å². The lowest BCUT2D eigenvalue weighted by Gasteiger charge is -2.44. The van der Waals surface area contributed by atoms with Crippen LogP contribution in [-0.4, -0.2) is 112 Å². The van der Waals surface area contributed by atoms with Gasteiger partial charge in [0.1, 0.15) is 19.2 Å². The SMILES string of the molecule is C=CC(=O)Nc1cc(NC2NCC(Cl)C(Nc3ccccc3P(C)(C)=O)N2C)c(OC)cc1C#CCN1CCN(C)CC1. The number of benzene rings is 2. The van der Waals surface area contributed by atoms with E-state index in [1.54, 1.807) is 20.4 Å². The molecule has 2 fully saturated rings. The van der Waals surface area contributed by atoms with Crippen LogP contribution in [0.4, 0.5) is 17.1 Å². The third kappa shape index (κ3) is 8.54. The van der Waals surface area contributed by atoms with Crippen molar-refractivity contribution in [3.05, 3.63) is 54.6 Å². The first-order chi connectivity index (χ1) is 20.5. The number of piperazine rings is 1. The quantitative estimate of drug-likeness (QED) is 0.145. The highest BCUT2D eigenvalue weighted by atomic mass is 35.5. The Morgan fingerprint density at radius 1 is 1.14 bits per heavy atom. The molecule has 0 aliphatic carbocycles. The van der Waals surface area contributed by atoms with Gasteiger partial charge in [0.25, 0.3) is 0 Å². The van der Waals surface area contributed by atoms with Crippen LogP contribution in [-0.2, 0) is 9.36 Å². The Labute approximate surface area is 260 Å². The number of nitrogens with zero attached hydrogens (tertiary/aromatic N) is 3. The van der Waals surface area contributed by atoms with Gasteiger partial charge in [-0.3, -0.25) is 19.9 Å². The van der Waals surface area contributed by atoms with E-state index in [-0.39, 0.29) is 23.7 Å². The van der Waals surface area contributed by atoms with E-state index in [0.29, 0.717) is 35.8 Å². The molecule has 0 bridgehead atoms. The van der Waals surface area contributed by atoms with Gasteiger partial charge in [-0.1, -0.05) is 30.6 Å². The maximum absolute atomic E-state index is 13.0. The summed E-state index contributed by atoms with van der Waals surface area (Å²) in [6.07, 6.45) is 0.606. The highest BCUT2D eigenvalue weighted by Gasteiger charge is 2.35. The molecular weight excluding hydrogens is 585 g/mol. The number of amides is 1. The first-order valence-electron chi connectivity index (χ1n) is 14.3. The normalized spacial score (nSPS) is 21.8. The Morgan fingerprint density at radius 3 is 2.53 bits per heavy atom. The minimum absolute atomic E-state index is 0.272. The summed E-state index contributed by atoms with van der Waals surface area (Å²) in [5.41, 5.74) is 2.66. The summed E-state index contributed by atoms with van der Waals surface area (Å²) < 4.78 is 18.7. The van der Waals surface area contributed by atoms with Crippen LogP contribution in [0.3, 0.4) is 0 Å². The van der Waals surface area contributed by atoms with Crippen molar-refractivity contribution in [2.45, 2.75) is 17.8 Å². The summed E-state index contributed by atoms with van der Waals surface area (Å²) >= 11 is 6.79. The summed E-state index contributed by atoms with van der Waals surface area (Å²) in [5.74, 6) is 6.75. The van der Waals surface area contributed by atoms with Crippen molar-refractivity contribution in [3.8, 4) is 17.6 Å². The standard InChI is InChI=1S/C31H43ClN7O3P/c1-7-29(40)34-25-20-26(27(42-4)19-22(25)11-10-14-39-17-15-37(2)16-18-39)36-31-33-21-23(32)30(38(31)3)35-24-12-8-9-13-28(24)43(5,6)41/h7-9,12-13,19-20,23,30-31,33,35-36H,1,14-18,21H2,2-6H3,(H,34,40). The molecule has 2 aromatic rings. The third-order valence-electron chi connectivity index (χ3n) is 7.68. The molecule has 43 heavy (non-hydrogen) atoms. The monoisotopic (exact) mass is 627 g/mol. The van der Waals surface area contributed by atoms with E-state index in [4.69, 9.17) is 16.3 Å². The van der Waals surface area contributed by atoms with Crippen molar-refractivity contribution in [3.63, 3.8) is 0 Å². The first-order valence-corrected chi connectivity index (χ1v) is 17.4. The molecule has 2 heterocycles. The molecule has 1 amide bonds. The molecule has 0 radical (unpaired) electrons. The summed E-state index contributed by atoms with van der Waals surface area (Å²) in [4.78, 5) is 19.0. The van der Waals surface area contributed by atoms with E-state index in [9.17, 15) is 9.36 Å². The number of likely N-dealkylation sites (N-methyl/N-ethyl adjacent to an activating group) is 1. The van der Waals surface area contributed by atoms with Crippen LogP contribution in [0.5, 0.6) is 5.75 Å². The van der Waals surface area contributed by atoms with Crippen molar-refractivity contribution in [2.24, 2.45) is 0 Å². The lowest BCUT2D eigenvalue weighted by Crippen LogP contribution is -2.65. The van der Waals surface area contributed by atoms with Crippen molar-refractivity contribution < 1.29 is 14.1 Å². The zero-order valence-corrected chi connectivity index (χ0v) is 27.3. The van der Waals surface area contributed by atoms with Gasteiger partial charge in [-0.25, -0.2) is 0 Å². The topological polar surface area (TPSA) is 101 Å². The average molecular weight is 628 g/mol. The lowest BCUT2D eigenvalue weighted by molar-refractivity contribution is -0.111. The maximum Gasteiger partial charge on any atom is 0.247 e. The molecule has 10 nitrogen and oxygen atoms in total. The fourth-order valence-electron chi connectivity index (χ4n) is 5.12. The summed E-state index contributed by atoms with van der Waals surface area (Å²) in [5, 5.41) is 13.9. The second-order valence-electron chi connectivity index (χ2n) is 11.3. The molecule has 4 N–H and O–H groups in total. The van der Waals surface area contributed by atoms with Gasteiger partial charge in [-0.2, -0.15) is 0 Å². The molecule has 3 unspecified atom stereocenters. The van der Waals surface area contributed by atoms with Crippen molar-refractivity contribution in [1.29, 1.82) is 0 Å². The fraction of sp³-hybridized carbons (Fsp3) is 0.452. The van der Waals surface area contributed by atoms with Crippen molar-refractivity contribution >= 4 is 47.0 Å². The molecule has 2 aliphatic heterocycles. The minimum Gasteiger partial charge on any atom is -0.495 e. The molecule has 12 heteroatoms. The average Bonchev–Trinajstić information content (AvgIpc) is 2.98. The minimum atomic E-state index is -2.52. The number of ether oxygens (including phenoxy) is 1. The van der Waals surface area contributed by atoms with Crippen LogP contribution in [0.1, 0.15) is 5.56 Å². The number of anilines is 3. The van der Waals surface area contributed by atoms with Gasteiger partial charge in [0.15, 0.2) is 0 Å². The molecule has 2 aliphatic rings. The fourth-order valence-corrected chi connectivity index (χ4v) is 6.61. The zero-order chi connectivity index (χ0) is 31.1. The zero-order valence-electron chi connectivity index (χ0n) is 25.6. The number of alkyl halides is 1. The number of carbonyl (C=O) groups excluding carboxylic acids is 1. The number of halogens is 1. The number of carbonyl (C=O) groups is 1. The van der Waals surface area contributed by atoms with E-state index in [1.165, 1.54) is 6.08 Å². The summed E-state index contributed by atoms with van der Waals surface area (Å²) in [6, 6.07) is 11.3. The van der Waals surface area contributed by atoms with E-state index in [0.717, 1.165) is 37.2 Å². The van der Waals surface area contributed by atoms with Crippen LogP contribution in [0, 0.1) is 11.8 Å². The second-order valence-corrected chi connectivity index (χ2v) is 15.0. The van der Waals surface area contributed by atoms with Crippen LogP contribution in [0.2, 0.25) is 0 Å². The van der Waals surface area contributed by atoms with E-state index >= 15 is 0 Å². The molecule has 0 saturated carbocycles. The molecule has 0 spiro atoms. The molecule has 3 atom stereocenters. The van der Waals surface area contributed by atoms with Gasteiger partial charge in [0.2, 0.25) is 5.91 Å². The number of hydrogen-bond donors (Lipinski definition) is 4. The highest BCUT2D eigenvalue weighted by molar-refractivity contribution is 7.70. The van der Waals surface area contributed by atoms with E-state index in [2.05, 4.69) is 56.5 Å². The smallest absolute Gasteiger partial charge is 0.247 e. The maximum atomic E-state index is 13.0. The Balaban J connectivity index is 1.57. The number of rotatable bonds is 9. The highest BCUT2D eigenvalue weighted by Crippen LogP contribution is 2.38. The second kappa shape index (κ2) is 14.6. The molecule has 232 valence electrons. The van der Waals surface area contributed by atoms with Gasteiger partial charge in [0.05, 0.1) is 42.1 Å². The summed E-state index contributed by atoms with van der Waals surface area (Å²) in [6.45, 7) is 12.3. The Morgan fingerprint density at radius 2 is 1.86 bits per heavy atom. The molecular formula is C31H43ClN7O3P. The number of nitrogens with one attached hydrogen (secondary N) is 4. The Kier molecular flexibility index (Phi) is 11.2. The van der Waals surface area contributed by atoms with Crippen LogP contribution in [0.15, 0.2) is 49.1 Å². The number of para-hydroxylation sites is 1. The van der Waals surface area contributed by atoms with Gasteiger partial charge >= 0.3 is 0 Å². The summed E-state index contributed by atoms with van der Waals surface area (Å²) in [7, 11) is 3.16. The predicted molar refractivity (Wildman–Crippen MR) is 178 cm³/mol. The van der Waals surface area contributed by atoms with Crippen LogP contribution in [0.25, 0.3) is 0 Å².